The van der Waals surface area contributed by atoms with E-state index in [0.717, 1.165) is 38.1 Å². The third-order valence-corrected chi connectivity index (χ3v) is 5.14. The molecule has 0 aromatic heterocycles. The van der Waals surface area contributed by atoms with Gasteiger partial charge in [-0.15, -0.1) is 0 Å². The molecule has 0 amide bonds. The van der Waals surface area contributed by atoms with Crippen molar-refractivity contribution in [3.63, 3.8) is 0 Å². The van der Waals surface area contributed by atoms with Gasteiger partial charge in [-0.05, 0) is 44.1 Å². The number of hydrogen-bond donors (Lipinski definition) is 2. The summed E-state index contributed by atoms with van der Waals surface area (Å²) in [6.45, 7) is 2.91. The van der Waals surface area contributed by atoms with Gasteiger partial charge in [0.2, 0.25) is 10.0 Å². The van der Waals surface area contributed by atoms with Crippen LogP contribution in [-0.2, 0) is 10.0 Å². The summed E-state index contributed by atoms with van der Waals surface area (Å²) in [4.78, 5) is 1.85. The first kappa shape index (κ1) is 16.2. The minimum absolute atomic E-state index is 0.226. The molecule has 7 heteroatoms. The second kappa shape index (κ2) is 7.20. The molecule has 1 aliphatic rings. The summed E-state index contributed by atoms with van der Waals surface area (Å²) in [5.74, 6) is -0.786. The van der Waals surface area contributed by atoms with Crippen molar-refractivity contribution in [3.8, 4) is 0 Å². The average Bonchev–Trinajstić information content (AvgIpc) is 2.70. The molecule has 0 unspecified atom stereocenters. The first-order chi connectivity index (χ1) is 9.99. The van der Waals surface area contributed by atoms with Crippen LogP contribution in [0.5, 0.6) is 0 Å². The molecular weight excluding hydrogens is 293 g/mol. The fourth-order valence-corrected chi connectivity index (χ4v) is 3.63. The van der Waals surface area contributed by atoms with Gasteiger partial charge >= 0.3 is 0 Å². The van der Waals surface area contributed by atoms with Crippen LogP contribution in [0, 0.1) is 5.82 Å². The number of nitrogens with two attached hydrogens (primary N) is 1. The Balaban J connectivity index is 1.93. The van der Waals surface area contributed by atoms with Crippen LogP contribution in [0.25, 0.3) is 0 Å². The third kappa shape index (κ3) is 4.66. The lowest BCUT2D eigenvalue weighted by atomic mass is 10.2. The van der Waals surface area contributed by atoms with Gasteiger partial charge in [0.1, 0.15) is 10.7 Å². The van der Waals surface area contributed by atoms with Crippen LogP contribution in [0.15, 0.2) is 23.1 Å². The lowest BCUT2D eigenvalue weighted by Crippen LogP contribution is -2.35. The number of nitrogen functional groups attached to an aromatic ring is 1. The molecule has 0 spiro atoms. The van der Waals surface area contributed by atoms with Gasteiger partial charge in [0.15, 0.2) is 0 Å². The summed E-state index contributed by atoms with van der Waals surface area (Å²) in [5.41, 5.74) is 5.75. The Labute approximate surface area is 125 Å². The van der Waals surface area contributed by atoms with Crippen molar-refractivity contribution >= 4 is 15.7 Å². The second-order valence-electron chi connectivity index (χ2n) is 5.34. The molecule has 21 heavy (non-hydrogen) atoms. The topological polar surface area (TPSA) is 75.4 Å². The molecule has 3 N–H and O–H groups in total. The standard InChI is InChI=1S/C14H22FN3O2S/c15-13-6-5-12(16)11-14(13)21(19,20)17-7-10-18-8-3-1-2-4-9-18/h5-6,11,17H,1-4,7-10,16H2. The van der Waals surface area contributed by atoms with Crippen LogP contribution in [0.2, 0.25) is 0 Å². The van der Waals surface area contributed by atoms with E-state index in [1.165, 1.54) is 18.9 Å². The molecule has 118 valence electrons. The van der Waals surface area contributed by atoms with E-state index in [4.69, 9.17) is 5.73 Å². The Morgan fingerprint density at radius 2 is 1.86 bits per heavy atom. The molecular formula is C14H22FN3O2S. The molecule has 0 radical (unpaired) electrons. The number of sulfonamides is 1. The van der Waals surface area contributed by atoms with Crippen molar-refractivity contribution in [2.24, 2.45) is 0 Å². The summed E-state index contributed by atoms with van der Waals surface area (Å²) in [6, 6.07) is 3.55. The zero-order chi connectivity index (χ0) is 15.3. The number of rotatable bonds is 5. The normalized spacial score (nSPS) is 17.6. The maximum Gasteiger partial charge on any atom is 0.243 e. The average molecular weight is 315 g/mol. The van der Waals surface area contributed by atoms with Gasteiger partial charge in [-0.2, -0.15) is 0 Å². The lowest BCUT2D eigenvalue weighted by Gasteiger charge is -2.19. The fraction of sp³-hybridized carbons (Fsp3) is 0.571. The minimum Gasteiger partial charge on any atom is -0.399 e. The maximum atomic E-state index is 13.6. The van der Waals surface area contributed by atoms with Crippen molar-refractivity contribution in [1.82, 2.24) is 9.62 Å². The number of hydrogen-bond acceptors (Lipinski definition) is 4. The van der Waals surface area contributed by atoms with E-state index in [2.05, 4.69) is 9.62 Å². The van der Waals surface area contributed by atoms with Crippen molar-refractivity contribution in [2.75, 3.05) is 31.9 Å². The number of likely N-dealkylation sites (tertiary alicyclic amines) is 1. The molecule has 1 saturated heterocycles. The molecule has 1 heterocycles. The van der Waals surface area contributed by atoms with E-state index in [1.54, 1.807) is 0 Å². The molecule has 2 rings (SSSR count). The summed E-state index contributed by atoms with van der Waals surface area (Å²) < 4.78 is 40.2. The van der Waals surface area contributed by atoms with Crippen LogP contribution in [0.4, 0.5) is 10.1 Å². The summed E-state index contributed by atoms with van der Waals surface area (Å²) in [5, 5.41) is 0. The lowest BCUT2D eigenvalue weighted by molar-refractivity contribution is 0.290. The van der Waals surface area contributed by atoms with Gasteiger partial charge in [-0.25, -0.2) is 17.5 Å². The van der Waals surface area contributed by atoms with Crippen LogP contribution >= 0.6 is 0 Å². The van der Waals surface area contributed by atoms with E-state index in [9.17, 15) is 12.8 Å². The second-order valence-corrected chi connectivity index (χ2v) is 7.08. The Morgan fingerprint density at radius 1 is 1.19 bits per heavy atom. The van der Waals surface area contributed by atoms with Gasteiger partial charge < -0.3 is 10.6 Å². The quantitative estimate of drug-likeness (QED) is 0.809. The first-order valence-corrected chi connectivity index (χ1v) is 8.74. The fourth-order valence-electron chi connectivity index (χ4n) is 2.50. The molecule has 0 atom stereocenters. The highest BCUT2D eigenvalue weighted by Gasteiger charge is 2.19. The Morgan fingerprint density at radius 3 is 2.52 bits per heavy atom. The number of halogens is 1. The maximum absolute atomic E-state index is 13.6. The first-order valence-electron chi connectivity index (χ1n) is 7.26. The van der Waals surface area contributed by atoms with Crippen LogP contribution in [-0.4, -0.2) is 39.5 Å². The summed E-state index contributed by atoms with van der Waals surface area (Å²) >= 11 is 0. The molecule has 1 aliphatic heterocycles. The highest BCUT2D eigenvalue weighted by molar-refractivity contribution is 7.89. The Hall–Kier alpha value is -1.18. The molecule has 0 saturated carbocycles. The monoisotopic (exact) mass is 315 g/mol. The molecule has 1 aromatic carbocycles. The van der Waals surface area contributed by atoms with E-state index >= 15 is 0 Å². The predicted molar refractivity (Wildman–Crippen MR) is 80.9 cm³/mol. The minimum atomic E-state index is -3.86. The number of nitrogens with zero attached hydrogens (tertiary/aromatic N) is 1. The largest absolute Gasteiger partial charge is 0.399 e. The number of nitrogens with one attached hydrogen (secondary N) is 1. The van der Waals surface area contributed by atoms with Gasteiger partial charge in [-0.1, -0.05) is 12.8 Å². The van der Waals surface area contributed by atoms with Gasteiger partial charge in [0.05, 0.1) is 0 Å². The number of anilines is 1. The van der Waals surface area contributed by atoms with E-state index < -0.39 is 20.7 Å². The van der Waals surface area contributed by atoms with Crippen molar-refractivity contribution in [1.29, 1.82) is 0 Å². The molecule has 5 nitrogen and oxygen atoms in total. The predicted octanol–water partition coefficient (Wildman–Crippen LogP) is 1.56. The van der Waals surface area contributed by atoms with E-state index in [-0.39, 0.29) is 12.2 Å². The zero-order valence-corrected chi connectivity index (χ0v) is 12.8. The zero-order valence-electron chi connectivity index (χ0n) is 12.0. The summed E-state index contributed by atoms with van der Waals surface area (Å²) in [6.07, 6.45) is 4.76. The summed E-state index contributed by atoms with van der Waals surface area (Å²) in [7, 11) is -3.86. The van der Waals surface area contributed by atoms with E-state index in [1.807, 2.05) is 0 Å². The highest BCUT2D eigenvalue weighted by atomic mass is 32.2. The molecule has 0 aliphatic carbocycles. The Bertz CT molecular complexity index is 570. The van der Waals surface area contributed by atoms with Gasteiger partial charge in [0, 0.05) is 18.8 Å². The van der Waals surface area contributed by atoms with Gasteiger partial charge in [0.25, 0.3) is 0 Å². The molecule has 0 bridgehead atoms. The highest BCUT2D eigenvalue weighted by Crippen LogP contribution is 2.17. The van der Waals surface area contributed by atoms with Crippen LogP contribution in [0.1, 0.15) is 25.7 Å². The number of benzene rings is 1. The molecule has 1 aromatic rings. The van der Waals surface area contributed by atoms with Crippen LogP contribution < -0.4 is 10.5 Å². The molecule has 1 fully saturated rings. The van der Waals surface area contributed by atoms with Gasteiger partial charge in [-0.3, -0.25) is 0 Å². The van der Waals surface area contributed by atoms with E-state index in [0.29, 0.717) is 6.54 Å². The third-order valence-electron chi connectivity index (χ3n) is 3.66. The van der Waals surface area contributed by atoms with Crippen LogP contribution in [0.3, 0.4) is 0 Å². The van der Waals surface area contributed by atoms with Crippen molar-refractivity contribution in [3.05, 3.63) is 24.0 Å². The smallest absolute Gasteiger partial charge is 0.243 e. The SMILES string of the molecule is Nc1ccc(F)c(S(=O)(=O)NCCN2CCCCCC2)c1. The van der Waals surface area contributed by atoms with Crippen molar-refractivity contribution in [2.45, 2.75) is 30.6 Å². The van der Waals surface area contributed by atoms with Crippen molar-refractivity contribution < 1.29 is 12.8 Å². The Kier molecular flexibility index (Phi) is 5.55.